The van der Waals surface area contributed by atoms with Gasteiger partial charge >= 0.3 is 0 Å². The van der Waals surface area contributed by atoms with Crippen molar-refractivity contribution in [3.63, 3.8) is 0 Å². The number of anilines is 3. The number of fused-ring (bicyclic) bond motifs is 11. The summed E-state index contributed by atoms with van der Waals surface area (Å²) >= 11 is 0. The zero-order valence-electron chi connectivity index (χ0n) is 37.6. The fraction of sp³-hybridized carbons (Fsp3) is 0. The van der Waals surface area contributed by atoms with Gasteiger partial charge in [0, 0.05) is 49.4 Å². The standard InChI is InChI=1S/C66H42N2O/c1-3-15-52-44(13-1)25-26-48-41-47(32-38-53(48)52)43-27-34-50(35-28-43)67(61-21-9-6-17-55(61)49-33-40-65-60(42-49)59-39-31-45-14-2-4-18-56(45)66(59)69-65)51-36-29-46(30-37-51)54-16-5-10-22-62(54)68-63-23-11-7-19-57(63)58-20-8-12-24-64(58)68/h1-42H. The number of nitrogens with zero attached hydrogens (tertiary/aromatic N) is 2. The molecular formula is C66H42N2O. The van der Waals surface area contributed by atoms with Crippen molar-refractivity contribution >= 4 is 93.1 Å². The van der Waals surface area contributed by atoms with Crippen LogP contribution in [-0.4, -0.2) is 4.57 Å². The van der Waals surface area contributed by atoms with Crippen LogP contribution in [0.25, 0.3) is 115 Å². The van der Waals surface area contributed by atoms with Gasteiger partial charge in [0.05, 0.1) is 22.4 Å². The summed E-state index contributed by atoms with van der Waals surface area (Å²) in [4.78, 5) is 2.40. The van der Waals surface area contributed by atoms with E-state index in [4.69, 9.17) is 4.42 Å². The maximum absolute atomic E-state index is 6.57. The second kappa shape index (κ2) is 15.7. The molecule has 14 rings (SSSR count). The number of para-hydroxylation sites is 4. The minimum absolute atomic E-state index is 0.883. The molecule has 0 spiro atoms. The van der Waals surface area contributed by atoms with Crippen LogP contribution in [0.3, 0.4) is 0 Å². The highest BCUT2D eigenvalue weighted by molar-refractivity contribution is 6.16. The van der Waals surface area contributed by atoms with Gasteiger partial charge in [0.1, 0.15) is 11.2 Å². The summed E-state index contributed by atoms with van der Waals surface area (Å²) in [6.07, 6.45) is 0. The van der Waals surface area contributed by atoms with Crippen molar-refractivity contribution in [3.8, 4) is 39.1 Å². The molecule has 0 saturated carbocycles. The number of aromatic nitrogens is 1. The average molecular weight is 879 g/mol. The lowest BCUT2D eigenvalue weighted by Crippen LogP contribution is -2.11. The molecule has 12 aromatic carbocycles. The van der Waals surface area contributed by atoms with Crippen molar-refractivity contribution < 1.29 is 4.42 Å². The summed E-state index contributed by atoms with van der Waals surface area (Å²) in [5, 5.41) is 12.1. The Hall–Kier alpha value is -9.18. The van der Waals surface area contributed by atoms with E-state index in [0.717, 1.165) is 66.8 Å². The monoisotopic (exact) mass is 878 g/mol. The molecule has 3 heteroatoms. The van der Waals surface area contributed by atoms with E-state index in [1.807, 2.05) is 0 Å². The van der Waals surface area contributed by atoms with Gasteiger partial charge in [-0.2, -0.15) is 0 Å². The summed E-state index contributed by atoms with van der Waals surface area (Å²) in [5.41, 5.74) is 15.5. The summed E-state index contributed by atoms with van der Waals surface area (Å²) in [6.45, 7) is 0. The van der Waals surface area contributed by atoms with Crippen molar-refractivity contribution in [3.05, 3.63) is 255 Å². The Morgan fingerprint density at radius 1 is 0.304 bits per heavy atom. The topological polar surface area (TPSA) is 21.3 Å². The molecule has 322 valence electrons. The van der Waals surface area contributed by atoms with E-state index in [0.29, 0.717) is 0 Å². The first kappa shape index (κ1) is 39.0. The van der Waals surface area contributed by atoms with Gasteiger partial charge in [0.2, 0.25) is 0 Å². The summed E-state index contributed by atoms with van der Waals surface area (Å²) in [5.74, 6) is 0. The normalized spacial score (nSPS) is 11.8. The van der Waals surface area contributed by atoms with Crippen molar-refractivity contribution in [2.24, 2.45) is 0 Å². The second-order valence-corrected chi connectivity index (χ2v) is 18.0. The van der Waals surface area contributed by atoms with E-state index >= 15 is 0 Å². The molecule has 69 heavy (non-hydrogen) atoms. The van der Waals surface area contributed by atoms with Gasteiger partial charge < -0.3 is 13.9 Å². The SMILES string of the molecule is c1ccc(N(c2ccc(-c3ccc4c(ccc5ccccc54)c3)cc2)c2ccc(-c3ccccc3-n3c4ccccc4c4ccccc43)cc2)c(-c2ccc3oc4c5ccccc5ccc4c3c2)c1. The molecule has 0 unspecified atom stereocenters. The maximum Gasteiger partial charge on any atom is 0.143 e. The Morgan fingerprint density at radius 3 is 1.58 bits per heavy atom. The lowest BCUT2D eigenvalue weighted by atomic mass is 9.97. The van der Waals surface area contributed by atoms with Gasteiger partial charge in [-0.1, -0.05) is 182 Å². The summed E-state index contributed by atoms with van der Waals surface area (Å²) in [6, 6.07) is 92.6. The predicted octanol–water partition coefficient (Wildman–Crippen LogP) is 18.6. The lowest BCUT2D eigenvalue weighted by Gasteiger charge is -2.28. The van der Waals surface area contributed by atoms with Crippen molar-refractivity contribution in [2.45, 2.75) is 0 Å². The fourth-order valence-corrected chi connectivity index (χ4v) is 10.9. The van der Waals surface area contributed by atoms with Crippen molar-refractivity contribution in [2.75, 3.05) is 4.90 Å². The van der Waals surface area contributed by atoms with Gasteiger partial charge in [0.25, 0.3) is 0 Å². The number of benzene rings is 12. The highest BCUT2D eigenvalue weighted by atomic mass is 16.3. The fourth-order valence-electron chi connectivity index (χ4n) is 10.9. The minimum atomic E-state index is 0.883. The third-order valence-corrected chi connectivity index (χ3v) is 14.2. The molecule has 0 saturated heterocycles. The number of rotatable bonds is 7. The molecule has 0 aliphatic heterocycles. The van der Waals surface area contributed by atoms with Crippen LogP contribution in [0.2, 0.25) is 0 Å². The van der Waals surface area contributed by atoms with Gasteiger partial charge in [-0.3, -0.25) is 0 Å². The van der Waals surface area contributed by atoms with Crippen LogP contribution in [0.1, 0.15) is 0 Å². The van der Waals surface area contributed by atoms with E-state index in [2.05, 4.69) is 264 Å². The summed E-state index contributed by atoms with van der Waals surface area (Å²) in [7, 11) is 0. The molecular weight excluding hydrogens is 837 g/mol. The smallest absolute Gasteiger partial charge is 0.143 e. The second-order valence-electron chi connectivity index (χ2n) is 18.0. The highest BCUT2D eigenvalue weighted by Crippen LogP contribution is 2.45. The molecule has 0 bridgehead atoms. The first-order chi connectivity index (χ1) is 34.2. The third kappa shape index (κ3) is 6.36. The molecule has 0 aliphatic rings. The maximum atomic E-state index is 6.57. The number of hydrogen-bond donors (Lipinski definition) is 0. The van der Waals surface area contributed by atoms with E-state index in [1.54, 1.807) is 0 Å². The quantitative estimate of drug-likeness (QED) is 0.149. The molecule has 0 amide bonds. The Balaban J connectivity index is 0.903. The Morgan fingerprint density at radius 2 is 0.826 bits per heavy atom. The zero-order chi connectivity index (χ0) is 45.4. The predicted molar refractivity (Wildman–Crippen MR) is 292 cm³/mol. The Kier molecular flexibility index (Phi) is 8.90. The van der Waals surface area contributed by atoms with E-state index in [-0.39, 0.29) is 0 Å². The van der Waals surface area contributed by atoms with Gasteiger partial charge in [-0.05, 0) is 122 Å². The minimum Gasteiger partial charge on any atom is -0.455 e. The summed E-state index contributed by atoms with van der Waals surface area (Å²) < 4.78 is 8.99. The first-order valence-corrected chi connectivity index (χ1v) is 23.7. The largest absolute Gasteiger partial charge is 0.455 e. The van der Waals surface area contributed by atoms with Crippen molar-refractivity contribution in [1.82, 2.24) is 4.57 Å². The molecule has 14 aromatic rings. The van der Waals surface area contributed by atoms with Crippen LogP contribution < -0.4 is 4.90 Å². The van der Waals surface area contributed by atoms with Crippen LogP contribution in [0.4, 0.5) is 17.1 Å². The van der Waals surface area contributed by atoms with Crippen LogP contribution in [0.5, 0.6) is 0 Å². The molecule has 3 nitrogen and oxygen atoms in total. The van der Waals surface area contributed by atoms with Crippen LogP contribution >= 0.6 is 0 Å². The van der Waals surface area contributed by atoms with E-state index < -0.39 is 0 Å². The number of furan rings is 1. The molecule has 0 fully saturated rings. The van der Waals surface area contributed by atoms with Gasteiger partial charge in [0.15, 0.2) is 0 Å². The van der Waals surface area contributed by atoms with E-state index in [9.17, 15) is 0 Å². The zero-order valence-corrected chi connectivity index (χ0v) is 37.6. The molecule has 0 radical (unpaired) electrons. The highest BCUT2D eigenvalue weighted by Gasteiger charge is 2.21. The molecule has 0 atom stereocenters. The van der Waals surface area contributed by atoms with Crippen LogP contribution in [-0.2, 0) is 0 Å². The van der Waals surface area contributed by atoms with Crippen molar-refractivity contribution in [1.29, 1.82) is 0 Å². The molecule has 2 heterocycles. The van der Waals surface area contributed by atoms with Crippen LogP contribution in [0, 0.1) is 0 Å². The third-order valence-electron chi connectivity index (χ3n) is 14.2. The average Bonchev–Trinajstić information content (AvgIpc) is 3.97. The van der Waals surface area contributed by atoms with Crippen LogP contribution in [0.15, 0.2) is 259 Å². The van der Waals surface area contributed by atoms with Gasteiger partial charge in [-0.15, -0.1) is 0 Å². The molecule has 2 aromatic heterocycles. The Labute approximate surface area is 399 Å². The molecule has 0 aliphatic carbocycles. The molecule has 0 N–H and O–H groups in total. The Bertz CT molecular complexity index is 4260. The van der Waals surface area contributed by atoms with E-state index in [1.165, 1.54) is 65.4 Å². The van der Waals surface area contributed by atoms with Gasteiger partial charge in [-0.25, -0.2) is 0 Å². The lowest BCUT2D eigenvalue weighted by molar-refractivity contribution is 0.672. The number of hydrogen-bond acceptors (Lipinski definition) is 2. The first-order valence-electron chi connectivity index (χ1n) is 23.7.